The highest BCUT2D eigenvalue weighted by molar-refractivity contribution is 9.10. The summed E-state index contributed by atoms with van der Waals surface area (Å²) in [4.78, 5) is 27.5. The first kappa shape index (κ1) is 19.1. The van der Waals surface area contributed by atoms with Gasteiger partial charge >= 0.3 is 0 Å². The number of nitro groups is 1. The van der Waals surface area contributed by atoms with E-state index in [0.29, 0.717) is 23.2 Å². The summed E-state index contributed by atoms with van der Waals surface area (Å²) in [5.74, 6) is 0. The normalized spacial score (nSPS) is 14.1. The van der Waals surface area contributed by atoms with Crippen LogP contribution in [-0.2, 0) is 0 Å². The molecule has 0 saturated carbocycles. The molecule has 1 aliphatic heterocycles. The second-order valence-corrected chi connectivity index (χ2v) is 7.44. The first-order valence-electron chi connectivity index (χ1n) is 9.12. The van der Waals surface area contributed by atoms with Gasteiger partial charge in [0.2, 0.25) is 0 Å². The van der Waals surface area contributed by atoms with Crippen LogP contribution in [0.2, 0.25) is 0 Å². The molecule has 4 rings (SSSR count). The lowest BCUT2D eigenvalue weighted by Crippen LogP contribution is -2.47. The number of benzene rings is 2. The Hall–Kier alpha value is -3.20. The first-order chi connectivity index (χ1) is 14.0. The van der Waals surface area contributed by atoms with Crippen LogP contribution in [0.4, 0.5) is 17.1 Å². The maximum Gasteiger partial charge on any atom is 0.287 e. The van der Waals surface area contributed by atoms with Crippen molar-refractivity contribution in [1.82, 2.24) is 9.78 Å². The largest absolute Gasteiger partial charge is 0.368 e. The number of hydrogen-bond acceptors (Lipinski definition) is 6. The van der Waals surface area contributed by atoms with E-state index in [-0.39, 0.29) is 11.2 Å². The molecule has 2 aromatic carbocycles. The number of halogens is 1. The Balaban J connectivity index is 1.49. The van der Waals surface area contributed by atoms with Crippen molar-refractivity contribution in [1.29, 1.82) is 0 Å². The highest BCUT2D eigenvalue weighted by atomic mass is 79.9. The monoisotopic (exact) mass is 455 g/mol. The molecule has 2 heterocycles. The predicted molar refractivity (Wildman–Crippen MR) is 115 cm³/mol. The molecule has 1 fully saturated rings. The lowest BCUT2D eigenvalue weighted by atomic mass is 10.2. The van der Waals surface area contributed by atoms with Crippen LogP contribution in [-0.4, -0.2) is 40.9 Å². The number of non-ortho nitro benzene ring substituents is 1. The number of piperazine rings is 1. The Kier molecular flexibility index (Phi) is 5.30. The Bertz CT molecular complexity index is 1080. The van der Waals surface area contributed by atoms with E-state index in [4.69, 9.17) is 0 Å². The van der Waals surface area contributed by atoms with Gasteiger partial charge in [-0.2, -0.15) is 9.78 Å². The SMILES string of the molecule is O=c1c(Br)c(N2CCN(c3ccc([N+](=O)[O-])cc3)CC2)cnn1-c1ccccc1. The molecule has 1 saturated heterocycles. The molecule has 148 valence electrons. The van der Waals surface area contributed by atoms with Gasteiger partial charge in [-0.3, -0.25) is 14.9 Å². The molecule has 8 nitrogen and oxygen atoms in total. The topological polar surface area (TPSA) is 84.5 Å². The number of nitro benzene ring substituents is 1. The zero-order valence-corrected chi connectivity index (χ0v) is 17.0. The number of nitrogens with zero attached hydrogens (tertiary/aromatic N) is 5. The molecular weight excluding hydrogens is 438 g/mol. The van der Waals surface area contributed by atoms with Gasteiger partial charge in [0.05, 0.1) is 22.5 Å². The molecule has 9 heteroatoms. The summed E-state index contributed by atoms with van der Waals surface area (Å²) in [6.07, 6.45) is 1.71. The summed E-state index contributed by atoms with van der Waals surface area (Å²) in [5.41, 5.74) is 2.32. The van der Waals surface area contributed by atoms with Crippen LogP contribution in [0.3, 0.4) is 0 Å². The predicted octanol–water partition coefficient (Wildman–Crippen LogP) is 3.23. The Labute approximate surface area is 175 Å². The second-order valence-electron chi connectivity index (χ2n) is 6.64. The minimum atomic E-state index is -0.399. The zero-order valence-electron chi connectivity index (χ0n) is 15.4. The zero-order chi connectivity index (χ0) is 20.4. The van der Waals surface area contributed by atoms with Crippen molar-refractivity contribution in [2.45, 2.75) is 0 Å². The van der Waals surface area contributed by atoms with Crippen LogP contribution in [0.5, 0.6) is 0 Å². The van der Waals surface area contributed by atoms with Gasteiger partial charge in [-0.25, -0.2) is 0 Å². The van der Waals surface area contributed by atoms with Crippen LogP contribution >= 0.6 is 15.9 Å². The van der Waals surface area contributed by atoms with Crippen molar-refractivity contribution >= 4 is 33.0 Å². The molecule has 29 heavy (non-hydrogen) atoms. The summed E-state index contributed by atoms with van der Waals surface area (Å²) < 4.78 is 1.86. The van der Waals surface area contributed by atoms with Gasteiger partial charge in [0.25, 0.3) is 11.2 Å². The lowest BCUT2D eigenvalue weighted by molar-refractivity contribution is -0.384. The van der Waals surface area contributed by atoms with Crippen LogP contribution in [0.25, 0.3) is 5.69 Å². The molecule has 0 spiro atoms. The van der Waals surface area contributed by atoms with Gasteiger partial charge < -0.3 is 9.80 Å². The fourth-order valence-corrected chi connectivity index (χ4v) is 3.91. The maximum atomic E-state index is 12.8. The van der Waals surface area contributed by atoms with Crippen molar-refractivity contribution in [3.05, 3.63) is 85.7 Å². The van der Waals surface area contributed by atoms with Crippen molar-refractivity contribution in [3.63, 3.8) is 0 Å². The molecule has 1 aromatic heterocycles. The molecule has 0 amide bonds. The number of para-hydroxylation sites is 1. The third-order valence-electron chi connectivity index (χ3n) is 4.95. The van der Waals surface area contributed by atoms with Crippen molar-refractivity contribution in [3.8, 4) is 5.69 Å². The van der Waals surface area contributed by atoms with E-state index in [1.807, 2.05) is 30.3 Å². The van der Waals surface area contributed by atoms with Gasteiger partial charge in [0.15, 0.2) is 0 Å². The van der Waals surface area contributed by atoms with Gasteiger partial charge in [-0.1, -0.05) is 18.2 Å². The first-order valence-corrected chi connectivity index (χ1v) is 9.91. The standard InChI is InChI=1S/C20H18BrN5O3/c21-19-18(14-22-25(20(19)27)16-4-2-1-3-5-16)24-12-10-23(11-13-24)15-6-8-17(9-7-15)26(28)29/h1-9,14H,10-13H2. The summed E-state index contributed by atoms with van der Waals surface area (Å²) in [6.45, 7) is 2.91. The highest BCUT2D eigenvalue weighted by Crippen LogP contribution is 2.26. The molecular formula is C20H18BrN5O3. The molecule has 0 radical (unpaired) electrons. The lowest BCUT2D eigenvalue weighted by Gasteiger charge is -2.37. The minimum Gasteiger partial charge on any atom is -0.368 e. The molecule has 0 N–H and O–H groups in total. The molecule has 0 aliphatic carbocycles. The second kappa shape index (κ2) is 8.04. The van der Waals surface area contributed by atoms with Gasteiger partial charge in [-0.15, -0.1) is 0 Å². The number of rotatable bonds is 4. The smallest absolute Gasteiger partial charge is 0.287 e. The van der Waals surface area contributed by atoms with Crippen LogP contribution in [0.15, 0.2) is 70.1 Å². The van der Waals surface area contributed by atoms with Crippen molar-refractivity contribution in [2.24, 2.45) is 0 Å². The van der Waals surface area contributed by atoms with E-state index in [1.54, 1.807) is 18.3 Å². The third-order valence-corrected chi connectivity index (χ3v) is 5.69. The van der Waals surface area contributed by atoms with E-state index in [0.717, 1.165) is 24.5 Å². The third kappa shape index (κ3) is 3.86. The summed E-state index contributed by atoms with van der Waals surface area (Å²) in [7, 11) is 0. The van der Waals surface area contributed by atoms with E-state index >= 15 is 0 Å². The van der Waals surface area contributed by atoms with Gasteiger partial charge in [0.1, 0.15) is 4.47 Å². The number of hydrogen-bond donors (Lipinski definition) is 0. The molecule has 1 aliphatic rings. The Morgan fingerprint density at radius 1 is 0.897 bits per heavy atom. The number of anilines is 2. The molecule has 0 atom stereocenters. The molecule has 3 aromatic rings. The van der Waals surface area contributed by atoms with Crippen molar-refractivity contribution in [2.75, 3.05) is 36.0 Å². The van der Waals surface area contributed by atoms with Crippen LogP contribution in [0, 0.1) is 10.1 Å². The quantitative estimate of drug-likeness (QED) is 0.443. The fourth-order valence-electron chi connectivity index (χ4n) is 3.39. The van der Waals surface area contributed by atoms with Crippen LogP contribution < -0.4 is 15.4 Å². The van der Waals surface area contributed by atoms with Crippen molar-refractivity contribution < 1.29 is 4.92 Å². The maximum absolute atomic E-state index is 12.8. The number of aromatic nitrogens is 2. The average molecular weight is 456 g/mol. The molecule has 0 bridgehead atoms. The van der Waals surface area contributed by atoms with E-state index in [9.17, 15) is 14.9 Å². The summed E-state index contributed by atoms with van der Waals surface area (Å²) >= 11 is 3.45. The minimum absolute atomic E-state index is 0.0846. The Morgan fingerprint density at radius 2 is 1.52 bits per heavy atom. The highest BCUT2D eigenvalue weighted by Gasteiger charge is 2.22. The van der Waals surface area contributed by atoms with E-state index in [2.05, 4.69) is 30.8 Å². The fraction of sp³-hybridized carbons (Fsp3) is 0.200. The van der Waals surface area contributed by atoms with Crippen LogP contribution in [0.1, 0.15) is 0 Å². The van der Waals surface area contributed by atoms with E-state index < -0.39 is 4.92 Å². The van der Waals surface area contributed by atoms with Gasteiger partial charge in [-0.05, 0) is 40.2 Å². The summed E-state index contributed by atoms with van der Waals surface area (Å²) in [6, 6.07) is 15.9. The van der Waals surface area contributed by atoms with E-state index in [1.165, 1.54) is 16.8 Å². The summed E-state index contributed by atoms with van der Waals surface area (Å²) in [5, 5.41) is 15.2. The Morgan fingerprint density at radius 3 is 2.14 bits per heavy atom. The average Bonchev–Trinajstić information content (AvgIpc) is 2.76. The molecule has 0 unspecified atom stereocenters. The van der Waals surface area contributed by atoms with Gasteiger partial charge in [0, 0.05) is 44.0 Å².